The molecule has 0 radical (unpaired) electrons. The number of ether oxygens (including phenoxy) is 2. The number of benzene rings is 1. The Morgan fingerprint density at radius 1 is 1.38 bits per heavy atom. The minimum atomic E-state index is -0.00909. The first-order valence-corrected chi connectivity index (χ1v) is 9.18. The van der Waals surface area contributed by atoms with Gasteiger partial charge in [0.05, 0.1) is 19.3 Å². The second kappa shape index (κ2) is 7.77. The van der Waals surface area contributed by atoms with E-state index in [1.807, 2.05) is 41.5 Å². The molecule has 1 amide bonds. The maximum atomic E-state index is 12.6. The Morgan fingerprint density at radius 3 is 2.88 bits per heavy atom. The van der Waals surface area contributed by atoms with Gasteiger partial charge in [0.1, 0.15) is 16.5 Å². The highest BCUT2D eigenvalue weighted by Crippen LogP contribution is 2.26. The smallest absolute Gasteiger partial charge is 0.273 e. The third kappa shape index (κ3) is 3.76. The summed E-state index contributed by atoms with van der Waals surface area (Å²) in [7, 11) is 0. The Hall–Kier alpha value is -1.92. The lowest BCUT2D eigenvalue weighted by molar-refractivity contribution is -0.0227. The van der Waals surface area contributed by atoms with Crippen molar-refractivity contribution in [1.29, 1.82) is 0 Å². The number of hydrogen-bond donors (Lipinski definition) is 0. The van der Waals surface area contributed by atoms with Crippen LogP contribution in [-0.4, -0.2) is 48.2 Å². The summed E-state index contributed by atoms with van der Waals surface area (Å²) in [6.45, 7) is 6.55. The van der Waals surface area contributed by atoms with E-state index >= 15 is 0 Å². The molecule has 0 bridgehead atoms. The quantitative estimate of drug-likeness (QED) is 0.832. The molecule has 1 saturated heterocycles. The van der Waals surface area contributed by atoms with Gasteiger partial charge in [0.2, 0.25) is 0 Å². The predicted octanol–water partition coefficient (Wildman–Crippen LogP) is 3.46. The number of nitrogens with zero attached hydrogens (tertiary/aromatic N) is 2. The first-order chi connectivity index (χ1) is 11.7. The van der Waals surface area contributed by atoms with Crippen molar-refractivity contribution in [1.82, 2.24) is 9.88 Å². The van der Waals surface area contributed by atoms with Gasteiger partial charge in [0.25, 0.3) is 5.91 Å². The van der Waals surface area contributed by atoms with Crippen molar-refractivity contribution in [2.45, 2.75) is 26.4 Å². The van der Waals surface area contributed by atoms with Gasteiger partial charge >= 0.3 is 0 Å². The molecule has 2 heterocycles. The van der Waals surface area contributed by atoms with Crippen LogP contribution in [0.3, 0.4) is 0 Å². The summed E-state index contributed by atoms with van der Waals surface area (Å²) in [5, 5.41) is 2.69. The molecule has 1 fully saturated rings. The number of rotatable bonds is 5. The third-order valence-electron chi connectivity index (χ3n) is 4.02. The van der Waals surface area contributed by atoms with Crippen LogP contribution in [0.1, 0.15) is 30.8 Å². The molecule has 0 aliphatic carbocycles. The van der Waals surface area contributed by atoms with E-state index in [9.17, 15) is 4.79 Å². The molecule has 1 aliphatic heterocycles. The molecule has 1 atom stereocenters. The molecule has 6 heteroatoms. The summed E-state index contributed by atoms with van der Waals surface area (Å²) in [4.78, 5) is 19.0. The third-order valence-corrected chi connectivity index (χ3v) is 4.91. The minimum absolute atomic E-state index is 0.00909. The molecule has 2 aromatic rings. The first kappa shape index (κ1) is 16.9. The zero-order valence-electron chi connectivity index (χ0n) is 14.0. The molecule has 0 N–H and O–H groups in total. The fourth-order valence-corrected chi connectivity index (χ4v) is 3.48. The lowest BCUT2D eigenvalue weighted by atomic mass is 10.2. The SMILES string of the molecule is CCOc1ccc(-c2nc(C(=O)N3CCO[C@@H](CC)C3)cs2)cc1. The van der Waals surface area contributed by atoms with Crippen LogP contribution >= 0.6 is 11.3 Å². The van der Waals surface area contributed by atoms with Crippen molar-refractivity contribution >= 4 is 17.2 Å². The Balaban J connectivity index is 1.71. The van der Waals surface area contributed by atoms with E-state index in [0.29, 0.717) is 32.0 Å². The van der Waals surface area contributed by atoms with Gasteiger partial charge in [-0.15, -0.1) is 11.3 Å². The monoisotopic (exact) mass is 346 g/mol. The number of carbonyl (C=O) groups is 1. The van der Waals surface area contributed by atoms with E-state index in [0.717, 1.165) is 22.7 Å². The van der Waals surface area contributed by atoms with Crippen molar-refractivity contribution in [3.63, 3.8) is 0 Å². The molecular formula is C18H22N2O3S. The molecule has 0 unspecified atom stereocenters. The summed E-state index contributed by atoms with van der Waals surface area (Å²) >= 11 is 1.49. The molecule has 1 aromatic carbocycles. The van der Waals surface area contributed by atoms with Crippen LogP contribution in [0.4, 0.5) is 0 Å². The summed E-state index contributed by atoms with van der Waals surface area (Å²) in [5.74, 6) is 0.832. The Kier molecular flexibility index (Phi) is 5.48. The number of morpholine rings is 1. The highest BCUT2D eigenvalue weighted by molar-refractivity contribution is 7.13. The van der Waals surface area contributed by atoms with Crippen molar-refractivity contribution < 1.29 is 14.3 Å². The number of thiazole rings is 1. The average Bonchev–Trinajstić information content (AvgIpc) is 3.12. The van der Waals surface area contributed by atoms with Gasteiger partial charge in [-0.2, -0.15) is 0 Å². The minimum Gasteiger partial charge on any atom is -0.494 e. The Morgan fingerprint density at radius 2 is 2.17 bits per heavy atom. The van der Waals surface area contributed by atoms with Gasteiger partial charge in [-0.25, -0.2) is 4.98 Å². The summed E-state index contributed by atoms with van der Waals surface area (Å²) in [6.07, 6.45) is 1.05. The largest absolute Gasteiger partial charge is 0.494 e. The van der Waals surface area contributed by atoms with Crippen molar-refractivity contribution in [3.05, 3.63) is 35.3 Å². The number of amides is 1. The van der Waals surface area contributed by atoms with E-state index in [4.69, 9.17) is 9.47 Å². The molecule has 5 nitrogen and oxygen atoms in total. The van der Waals surface area contributed by atoms with Crippen LogP contribution < -0.4 is 4.74 Å². The van der Waals surface area contributed by atoms with Gasteiger partial charge in [-0.1, -0.05) is 6.92 Å². The second-order valence-corrected chi connectivity index (χ2v) is 6.51. The molecule has 3 rings (SSSR count). The highest BCUT2D eigenvalue weighted by Gasteiger charge is 2.25. The zero-order chi connectivity index (χ0) is 16.9. The van der Waals surface area contributed by atoms with Crippen molar-refractivity contribution in [2.75, 3.05) is 26.3 Å². The molecule has 1 aliphatic rings. The van der Waals surface area contributed by atoms with Crippen LogP contribution in [0.5, 0.6) is 5.75 Å². The van der Waals surface area contributed by atoms with Crippen LogP contribution in [0, 0.1) is 0 Å². The molecule has 1 aromatic heterocycles. The van der Waals surface area contributed by atoms with Crippen LogP contribution in [0.25, 0.3) is 10.6 Å². The van der Waals surface area contributed by atoms with Crippen LogP contribution in [0.2, 0.25) is 0 Å². The maximum Gasteiger partial charge on any atom is 0.273 e. The van der Waals surface area contributed by atoms with E-state index in [1.54, 1.807) is 0 Å². The second-order valence-electron chi connectivity index (χ2n) is 5.65. The number of hydrogen-bond acceptors (Lipinski definition) is 5. The molecule has 0 saturated carbocycles. The van der Waals surface area contributed by atoms with Gasteiger partial charge in [-0.05, 0) is 37.6 Å². The lowest BCUT2D eigenvalue weighted by Gasteiger charge is -2.32. The zero-order valence-corrected chi connectivity index (χ0v) is 14.8. The average molecular weight is 346 g/mol. The van der Waals surface area contributed by atoms with Crippen LogP contribution in [-0.2, 0) is 4.74 Å². The normalized spacial score (nSPS) is 17.8. The number of carbonyl (C=O) groups excluding carboxylic acids is 1. The fraction of sp³-hybridized carbons (Fsp3) is 0.444. The highest BCUT2D eigenvalue weighted by atomic mass is 32.1. The van der Waals surface area contributed by atoms with Crippen molar-refractivity contribution in [2.24, 2.45) is 0 Å². The Labute approximate surface area is 146 Å². The molecule has 24 heavy (non-hydrogen) atoms. The Bertz CT molecular complexity index is 684. The number of aromatic nitrogens is 1. The standard InChI is InChI=1S/C18H22N2O3S/c1-3-14-11-20(9-10-23-14)18(21)16-12-24-17(19-16)13-5-7-15(8-6-13)22-4-2/h5-8,12,14H,3-4,9-11H2,1-2H3/t14-/m0/s1. The van der Waals surface area contributed by atoms with Crippen molar-refractivity contribution in [3.8, 4) is 16.3 Å². The summed E-state index contributed by atoms with van der Waals surface area (Å²) in [5.41, 5.74) is 1.51. The first-order valence-electron chi connectivity index (χ1n) is 8.31. The molecule has 0 spiro atoms. The van der Waals surface area contributed by atoms with E-state index in [-0.39, 0.29) is 12.0 Å². The van der Waals surface area contributed by atoms with Gasteiger partial charge in [0, 0.05) is 24.0 Å². The van der Waals surface area contributed by atoms with Gasteiger partial charge < -0.3 is 14.4 Å². The van der Waals surface area contributed by atoms with Crippen LogP contribution in [0.15, 0.2) is 29.6 Å². The maximum absolute atomic E-state index is 12.6. The van der Waals surface area contributed by atoms with Gasteiger partial charge in [-0.3, -0.25) is 4.79 Å². The predicted molar refractivity (Wildman–Crippen MR) is 94.7 cm³/mol. The fourth-order valence-electron chi connectivity index (χ4n) is 2.68. The lowest BCUT2D eigenvalue weighted by Crippen LogP contribution is -2.45. The summed E-state index contributed by atoms with van der Waals surface area (Å²) in [6, 6.07) is 7.80. The topological polar surface area (TPSA) is 51.7 Å². The molecular weight excluding hydrogens is 324 g/mol. The van der Waals surface area contributed by atoms with E-state index in [1.165, 1.54) is 11.3 Å². The van der Waals surface area contributed by atoms with E-state index in [2.05, 4.69) is 11.9 Å². The van der Waals surface area contributed by atoms with Gasteiger partial charge in [0.15, 0.2) is 0 Å². The van der Waals surface area contributed by atoms with E-state index < -0.39 is 0 Å². The summed E-state index contributed by atoms with van der Waals surface area (Å²) < 4.78 is 11.1. The molecule has 128 valence electrons.